The molecule has 1 amide bonds. The molecular formula is C15H18N2O2S. The molecule has 0 saturated carbocycles. The number of hydrogen-bond acceptors (Lipinski definition) is 4. The van der Waals surface area contributed by atoms with Crippen molar-refractivity contribution in [1.29, 1.82) is 0 Å². The molecule has 1 aromatic heterocycles. The highest BCUT2D eigenvalue weighted by atomic mass is 32.1. The number of nitrogen functional groups attached to an aromatic ring is 1. The second-order valence-electron chi connectivity index (χ2n) is 4.52. The van der Waals surface area contributed by atoms with E-state index in [4.69, 9.17) is 5.73 Å². The molecule has 0 bridgehead atoms. The van der Waals surface area contributed by atoms with E-state index < -0.39 is 6.10 Å². The number of benzene rings is 1. The van der Waals surface area contributed by atoms with Crippen molar-refractivity contribution in [2.75, 3.05) is 12.3 Å². The lowest BCUT2D eigenvalue weighted by Crippen LogP contribution is -2.28. The summed E-state index contributed by atoms with van der Waals surface area (Å²) < 4.78 is 0. The van der Waals surface area contributed by atoms with Gasteiger partial charge in [0.1, 0.15) is 0 Å². The number of carbonyl (C=O) groups is 1. The number of aliphatic hydroxyl groups excluding tert-OH is 1. The molecule has 1 unspecified atom stereocenters. The molecule has 0 fully saturated rings. The van der Waals surface area contributed by atoms with E-state index in [9.17, 15) is 9.90 Å². The molecule has 4 N–H and O–H groups in total. The van der Waals surface area contributed by atoms with Crippen LogP contribution < -0.4 is 11.1 Å². The summed E-state index contributed by atoms with van der Waals surface area (Å²) in [5.41, 5.74) is 8.02. The van der Waals surface area contributed by atoms with Crippen LogP contribution in [0.25, 0.3) is 0 Å². The Bertz CT molecular complexity index is 578. The molecule has 5 heteroatoms. The van der Waals surface area contributed by atoms with Crippen LogP contribution in [0.15, 0.2) is 35.7 Å². The highest BCUT2D eigenvalue weighted by Crippen LogP contribution is 2.18. The third-order valence-electron chi connectivity index (χ3n) is 3.11. The molecule has 0 aliphatic rings. The zero-order valence-corrected chi connectivity index (χ0v) is 12.1. The summed E-state index contributed by atoms with van der Waals surface area (Å²) in [4.78, 5) is 12.8. The van der Waals surface area contributed by atoms with Gasteiger partial charge in [0.25, 0.3) is 5.91 Å². The van der Waals surface area contributed by atoms with Gasteiger partial charge in [-0.1, -0.05) is 19.1 Å². The van der Waals surface area contributed by atoms with Crippen LogP contribution in [0.3, 0.4) is 0 Å². The van der Waals surface area contributed by atoms with Gasteiger partial charge in [-0.3, -0.25) is 4.79 Å². The van der Waals surface area contributed by atoms with Crippen molar-refractivity contribution in [2.24, 2.45) is 0 Å². The van der Waals surface area contributed by atoms with Crippen molar-refractivity contribution in [1.82, 2.24) is 5.32 Å². The van der Waals surface area contributed by atoms with Gasteiger partial charge in [-0.05, 0) is 41.1 Å². The van der Waals surface area contributed by atoms with Crippen molar-refractivity contribution in [3.05, 3.63) is 51.7 Å². The summed E-state index contributed by atoms with van der Waals surface area (Å²) in [6.07, 6.45) is 0.0943. The van der Waals surface area contributed by atoms with Crippen molar-refractivity contribution in [3.8, 4) is 0 Å². The van der Waals surface area contributed by atoms with Gasteiger partial charge in [-0.2, -0.15) is 0 Å². The van der Waals surface area contributed by atoms with Gasteiger partial charge < -0.3 is 16.2 Å². The minimum atomic E-state index is -0.732. The first kappa shape index (κ1) is 14.6. The Morgan fingerprint density at radius 2 is 2.05 bits per heavy atom. The number of amides is 1. The molecule has 1 heterocycles. The summed E-state index contributed by atoms with van der Waals surface area (Å²) in [5, 5.41) is 14.7. The zero-order valence-electron chi connectivity index (χ0n) is 11.3. The maximum absolute atomic E-state index is 12.0. The predicted molar refractivity (Wildman–Crippen MR) is 81.8 cm³/mol. The number of aliphatic hydroxyl groups is 1. The fourth-order valence-electron chi connectivity index (χ4n) is 1.92. The average molecular weight is 290 g/mol. The van der Waals surface area contributed by atoms with Crippen molar-refractivity contribution < 1.29 is 9.90 Å². The lowest BCUT2D eigenvalue weighted by molar-refractivity contribution is 0.0919. The predicted octanol–water partition coefficient (Wildman–Crippen LogP) is 2.36. The normalized spacial score (nSPS) is 12.1. The van der Waals surface area contributed by atoms with Crippen LogP contribution in [0.2, 0.25) is 0 Å². The Morgan fingerprint density at radius 3 is 2.70 bits per heavy atom. The van der Waals surface area contributed by atoms with E-state index in [2.05, 4.69) is 5.32 Å². The van der Waals surface area contributed by atoms with E-state index in [0.29, 0.717) is 5.69 Å². The van der Waals surface area contributed by atoms with Gasteiger partial charge in [0.05, 0.1) is 11.0 Å². The van der Waals surface area contributed by atoms with Crippen molar-refractivity contribution in [3.63, 3.8) is 0 Å². The van der Waals surface area contributed by atoms with Crippen molar-refractivity contribution >= 4 is 22.9 Å². The molecule has 4 nitrogen and oxygen atoms in total. The summed E-state index contributed by atoms with van der Waals surface area (Å²) in [6.45, 7) is 2.20. The molecule has 106 valence electrons. The van der Waals surface area contributed by atoms with Crippen LogP contribution in [-0.2, 0) is 6.42 Å². The number of anilines is 1. The molecule has 2 aromatic rings. The van der Waals surface area contributed by atoms with Crippen molar-refractivity contribution in [2.45, 2.75) is 19.4 Å². The van der Waals surface area contributed by atoms with Crippen LogP contribution >= 0.6 is 11.3 Å². The summed E-state index contributed by atoms with van der Waals surface area (Å²) in [6, 6.07) is 8.93. The van der Waals surface area contributed by atoms with E-state index in [-0.39, 0.29) is 12.5 Å². The number of carbonyl (C=O) groups excluding carboxylic acids is 1. The molecule has 2 rings (SSSR count). The van der Waals surface area contributed by atoms with Crippen LogP contribution in [-0.4, -0.2) is 17.6 Å². The summed E-state index contributed by atoms with van der Waals surface area (Å²) >= 11 is 1.42. The smallest absolute Gasteiger partial charge is 0.261 e. The fourth-order valence-corrected chi connectivity index (χ4v) is 2.83. The Balaban J connectivity index is 1.95. The number of nitrogens with one attached hydrogen (secondary N) is 1. The van der Waals surface area contributed by atoms with Crippen LogP contribution in [0.5, 0.6) is 0 Å². The molecule has 0 aliphatic heterocycles. The summed E-state index contributed by atoms with van der Waals surface area (Å²) in [5.74, 6) is -0.133. The second-order valence-corrected chi connectivity index (χ2v) is 5.44. The van der Waals surface area contributed by atoms with E-state index in [1.54, 1.807) is 24.3 Å². The van der Waals surface area contributed by atoms with Gasteiger partial charge in [0.2, 0.25) is 0 Å². The first-order valence-corrected chi connectivity index (χ1v) is 7.37. The van der Waals surface area contributed by atoms with Crippen LogP contribution in [0, 0.1) is 0 Å². The molecule has 1 aromatic carbocycles. The number of rotatable bonds is 5. The van der Waals surface area contributed by atoms with E-state index in [0.717, 1.165) is 22.4 Å². The highest BCUT2D eigenvalue weighted by molar-refractivity contribution is 7.12. The largest absolute Gasteiger partial charge is 0.399 e. The molecule has 20 heavy (non-hydrogen) atoms. The topological polar surface area (TPSA) is 75.3 Å². The third-order valence-corrected chi connectivity index (χ3v) is 4.07. The number of nitrogens with two attached hydrogens (primary N) is 1. The van der Waals surface area contributed by atoms with Crippen LogP contribution in [0.1, 0.15) is 33.8 Å². The summed E-state index contributed by atoms with van der Waals surface area (Å²) in [7, 11) is 0. The molecule has 0 radical (unpaired) electrons. The highest BCUT2D eigenvalue weighted by Gasteiger charge is 2.14. The standard InChI is InChI=1S/C15H18N2O2S/c1-2-10-7-8-20-14(10)15(19)17-9-13(18)11-3-5-12(16)6-4-11/h3-8,13,18H,2,9,16H2,1H3,(H,17,19). The lowest BCUT2D eigenvalue weighted by Gasteiger charge is -2.12. The molecule has 1 atom stereocenters. The number of thiophene rings is 1. The van der Waals surface area contributed by atoms with Gasteiger partial charge >= 0.3 is 0 Å². The number of aryl methyl sites for hydroxylation is 1. The molecule has 0 spiro atoms. The minimum absolute atomic E-state index is 0.133. The Morgan fingerprint density at radius 1 is 1.35 bits per heavy atom. The Labute approximate surface area is 122 Å². The van der Waals surface area contributed by atoms with Gasteiger partial charge in [0, 0.05) is 12.2 Å². The van der Waals surface area contributed by atoms with E-state index in [1.165, 1.54) is 11.3 Å². The monoisotopic (exact) mass is 290 g/mol. The molecular weight excluding hydrogens is 272 g/mol. The van der Waals surface area contributed by atoms with E-state index in [1.807, 2.05) is 18.4 Å². The van der Waals surface area contributed by atoms with Gasteiger partial charge in [-0.15, -0.1) is 11.3 Å². The third kappa shape index (κ3) is 3.37. The van der Waals surface area contributed by atoms with Crippen LogP contribution in [0.4, 0.5) is 5.69 Å². The fraction of sp³-hybridized carbons (Fsp3) is 0.267. The van der Waals surface area contributed by atoms with Gasteiger partial charge in [0.15, 0.2) is 0 Å². The lowest BCUT2D eigenvalue weighted by atomic mass is 10.1. The average Bonchev–Trinajstić information content (AvgIpc) is 2.93. The minimum Gasteiger partial charge on any atom is -0.399 e. The zero-order chi connectivity index (χ0) is 14.5. The number of hydrogen-bond donors (Lipinski definition) is 3. The Hall–Kier alpha value is -1.85. The first-order valence-electron chi connectivity index (χ1n) is 6.50. The van der Waals surface area contributed by atoms with E-state index >= 15 is 0 Å². The molecule has 0 aliphatic carbocycles. The first-order chi connectivity index (χ1) is 9.61. The quantitative estimate of drug-likeness (QED) is 0.740. The molecule has 0 saturated heterocycles. The SMILES string of the molecule is CCc1ccsc1C(=O)NCC(O)c1ccc(N)cc1. The van der Waals surface area contributed by atoms with Gasteiger partial charge in [-0.25, -0.2) is 0 Å². The maximum atomic E-state index is 12.0. The second kappa shape index (κ2) is 6.54. The maximum Gasteiger partial charge on any atom is 0.261 e. The Kier molecular flexibility index (Phi) is 4.76.